The van der Waals surface area contributed by atoms with E-state index in [1.807, 2.05) is 44.2 Å². The smallest absolute Gasteiger partial charge is 0.168 e. The highest BCUT2D eigenvalue weighted by atomic mass is 16.6. The van der Waals surface area contributed by atoms with Crippen LogP contribution in [0.4, 0.5) is 0 Å². The van der Waals surface area contributed by atoms with Crippen LogP contribution < -0.4 is 5.48 Å². The molecule has 0 aliphatic heterocycles. The Bertz CT molecular complexity index is 531. The summed E-state index contributed by atoms with van der Waals surface area (Å²) >= 11 is 0. The van der Waals surface area contributed by atoms with E-state index in [0.717, 1.165) is 5.56 Å². The number of hydrogen-bond acceptors (Lipinski definition) is 4. The molecule has 5 nitrogen and oxygen atoms in total. The first kappa shape index (κ1) is 18.1. The summed E-state index contributed by atoms with van der Waals surface area (Å²) in [5.41, 5.74) is 4.68. The van der Waals surface area contributed by atoms with Gasteiger partial charge in [0.2, 0.25) is 0 Å². The zero-order valence-electron chi connectivity index (χ0n) is 13.0. The van der Waals surface area contributed by atoms with E-state index < -0.39 is 0 Å². The monoisotopic (exact) mass is 305 g/mol. The zero-order valence-corrected chi connectivity index (χ0v) is 13.0. The van der Waals surface area contributed by atoms with Gasteiger partial charge >= 0.3 is 0 Å². The van der Waals surface area contributed by atoms with E-state index in [-0.39, 0.29) is 28.5 Å². The molecule has 0 heterocycles. The van der Waals surface area contributed by atoms with Crippen molar-refractivity contribution < 1.29 is 19.9 Å². The second-order valence-corrected chi connectivity index (χ2v) is 5.10. The number of hydrogen-bond donors (Lipinski definition) is 1. The van der Waals surface area contributed by atoms with Crippen LogP contribution in [0.25, 0.3) is 0 Å². The molecule has 0 amide bonds. The first-order valence-corrected chi connectivity index (χ1v) is 7.39. The normalized spacial score (nSPS) is 17.9. The van der Waals surface area contributed by atoms with Crippen molar-refractivity contribution in [2.24, 2.45) is 0 Å². The Balaban J connectivity index is 0.00000242. The van der Waals surface area contributed by atoms with Crippen LogP contribution in [-0.2, 0) is 14.4 Å². The summed E-state index contributed by atoms with van der Waals surface area (Å²) in [4.78, 5) is 29.9. The molecule has 0 saturated heterocycles. The molecule has 3 N–H and O–H groups in total. The standard InChI is InChI=1S/C17H21NO3.H2O/c1-3-14(18-21-4-2)17-15(19)10-13(11-16(17)20)12-8-6-5-7-9-12;/h5-9,13,18H,3-4,10-11H2,1-2H3;1H2. The van der Waals surface area contributed by atoms with Crippen molar-refractivity contribution in [2.75, 3.05) is 6.61 Å². The summed E-state index contributed by atoms with van der Waals surface area (Å²) in [5.74, 6) is -0.200. The molecule has 5 heteroatoms. The SMILES string of the molecule is CCONC(CC)=C1C(=O)CC(c2ccccc2)CC1=O.O. The van der Waals surface area contributed by atoms with Gasteiger partial charge in [0, 0.05) is 12.8 Å². The van der Waals surface area contributed by atoms with Gasteiger partial charge in [0.05, 0.1) is 17.9 Å². The Labute approximate surface area is 130 Å². The molecule has 22 heavy (non-hydrogen) atoms. The molecule has 0 aromatic heterocycles. The van der Waals surface area contributed by atoms with Gasteiger partial charge in [-0.25, -0.2) is 0 Å². The molecule has 0 spiro atoms. The van der Waals surface area contributed by atoms with Gasteiger partial charge in [-0.3, -0.25) is 19.9 Å². The third kappa shape index (κ3) is 4.02. The molecule has 0 unspecified atom stereocenters. The maximum atomic E-state index is 12.4. The number of carbonyl (C=O) groups excluding carboxylic acids is 2. The number of rotatable bonds is 5. The lowest BCUT2D eigenvalue weighted by Crippen LogP contribution is -2.29. The summed E-state index contributed by atoms with van der Waals surface area (Å²) in [6.45, 7) is 4.23. The maximum Gasteiger partial charge on any atom is 0.168 e. The number of hydroxylamine groups is 1. The molecule has 1 aromatic rings. The molecule has 0 radical (unpaired) electrons. The van der Waals surface area contributed by atoms with Crippen molar-refractivity contribution in [1.29, 1.82) is 0 Å². The van der Waals surface area contributed by atoms with Crippen molar-refractivity contribution in [2.45, 2.75) is 39.0 Å². The van der Waals surface area contributed by atoms with Crippen LogP contribution in [0, 0.1) is 0 Å². The minimum absolute atomic E-state index is 0. The number of nitrogens with one attached hydrogen (secondary N) is 1. The Morgan fingerprint density at radius 2 is 1.73 bits per heavy atom. The van der Waals surface area contributed by atoms with Gasteiger partial charge in [0.15, 0.2) is 11.6 Å². The lowest BCUT2D eigenvalue weighted by atomic mass is 9.79. The molecule has 1 fully saturated rings. The number of Topliss-reactive ketones (excluding diaryl/α,β-unsaturated/α-hetero) is 2. The Hall–Kier alpha value is -1.98. The Morgan fingerprint density at radius 1 is 1.14 bits per heavy atom. The molecular formula is C17H23NO4. The topological polar surface area (TPSA) is 86.9 Å². The van der Waals surface area contributed by atoms with Gasteiger partial charge < -0.3 is 5.48 Å². The van der Waals surface area contributed by atoms with Crippen LogP contribution in [-0.4, -0.2) is 23.6 Å². The van der Waals surface area contributed by atoms with Gasteiger partial charge in [-0.05, 0) is 24.8 Å². The zero-order chi connectivity index (χ0) is 15.2. The molecule has 1 aliphatic carbocycles. The highest BCUT2D eigenvalue weighted by Gasteiger charge is 2.33. The number of benzene rings is 1. The molecule has 0 atom stereocenters. The molecular weight excluding hydrogens is 282 g/mol. The molecule has 1 saturated carbocycles. The van der Waals surface area contributed by atoms with Crippen LogP contribution >= 0.6 is 0 Å². The second-order valence-electron chi connectivity index (χ2n) is 5.10. The van der Waals surface area contributed by atoms with Crippen molar-refractivity contribution in [3.05, 3.63) is 47.2 Å². The third-order valence-corrected chi connectivity index (χ3v) is 3.69. The van der Waals surface area contributed by atoms with Gasteiger partial charge in [0.1, 0.15) is 0 Å². The highest BCUT2D eigenvalue weighted by molar-refractivity contribution is 6.22. The van der Waals surface area contributed by atoms with E-state index in [1.54, 1.807) is 0 Å². The van der Waals surface area contributed by atoms with Gasteiger partial charge in [-0.1, -0.05) is 37.3 Å². The van der Waals surface area contributed by atoms with E-state index in [2.05, 4.69) is 5.48 Å². The minimum Gasteiger partial charge on any atom is -0.412 e. The number of ketones is 2. The second kappa shape index (κ2) is 8.46. The lowest BCUT2D eigenvalue weighted by Gasteiger charge is -2.24. The van der Waals surface area contributed by atoms with Gasteiger partial charge in [0.25, 0.3) is 0 Å². The van der Waals surface area contributed by atoms with E-state index in [9.17, 15) is 9.59 Å². The van der Waals surface area contributed by atoms with Crippen LogP contribution in [0.2, 0.25) is 0 Å². The summed E-state index contributed by atoms with van der Waals surface area (Å²) in [6.07, 6.45) is 1.33. The van der Waals surface area contributed by atoms with Crippen molar-refractivity contribution in [3.63, 3.8) is 0 Å². The van der Waals surface area contributed by atoms with Crippen LogP contribution in [0.5, 0.6) is 0 Å². The molecule has 120 valence electrons. The van der Waals surface area contributed by atoms with Gasteiger partial charge in [-0.15, -0.1) is 0 Å². The predicted octanol–water partition coefficient (Wildman–Crippen LogP) is 2.08. The fourth-order valence-corrected chi connectivity index (χ4v) is 2.64. The number of carbonyl (C=O) groups is 2. The largest absolute Gasteiger partial charge is 0.412 e. The van der Waals surface area contributed by atoms with Crippen LogP contribution in [0.15, 0.2) is 41.6 Å². The van der Waals surface area contributed by atoms with E-state index in [1.165, 1.54) is 0 Å². The minimum atomic E-state index is -0.0934. The molecule has 0 bridgehead atoms. The van der Waals surface area contributed by atoms with Crippen molar-refractivity contribution in [3.8, 4) is 0 Å². The van der Waals surface area contributed by atoms with Crippen LogP contribution in [0.3, 0.4) is 0 Å². The van der Waals surface area contributed by atoms with E-state index in [4.69, 9.17) is 4.84 Å². The Morgan fingerprint density at radius 3 is 2.23 bits per heavy atom. The van der Waals surface area contributed by atoms with E-state index >= 15 is 0 Å². The summed E-state index contributed by atoms with van der Waals surface area (Å²) in [6, 6.07) is 9.74. The first-order valence-electron chi connectivity index (χ1n) is 7.39. The first-order chi connectivity index (χ1) is 10.2. The van der Waals surface area contributed by atoms with Gasteiger partial charge in [-0.2, -0.15) is 0 Å². The highest BCUT2D eigenvalue weighted by Crippen LogP contribution is 2.32. The maximum absolute atomic E-state index is 12.4. The molecule has 2 rings (SSSR count). The van der Waals surface area contributed by atoms with Crippen molar-refractivity contribution >= 4 is 11.6 Å². The quantitative estimate of drug-likeness (QED) is 0.512. The fourth-order valence-electron chi connectivity index (χ4n) is 2.64. The fraction of sp³-hybridized carbons (Fsp3) is 0.412. The summed E-state index contributed by atoms with van der Waals surface area (Å²) < 4.78 is 0. The lowest BCUT2D eigenvalue weighted by molar-refractivity contribution is -0.124. The average molecular weight is 305 g/mol. The Kier molecular flexibility index (Phi) is 6.95. The van der Waals surface area contributed by atoms with Crippen LogP contribution in [0.1, 0.15) is 44.6 Å². The molecule has 1 aliphatic rings. The summed E-state index contributed by atoms with van der Waals surface area (Å²) in [5, 5.41) is 0. The third-order valence-electron chi connectivity index (χ3n) is 3.69. The average Bonchev–Trinajstić information content (AvgIpc) is 2.50. The summed E-state index contributed by atoms with van der Waals surface area (Å²) in [7, 11) is 0. The van der Waals surface area contributed by atoms with E-state index in [0.29, 0.717) is 31.6 Å². The number of allylic oxidation sites excluding steroid dienone is 2. The predicted molar refractivity (Wildman–Crippen MR) is 84.1 cm³/mol. The van der Waals surface area contributed by atoms with Crippen molar-refractivity contribution in [1.82, 2.24) is 5.48 Å². The molecule has 1 aromatic carbocycles.